The van der Waals surface area contributed by atoms with Gasteiger partial charge in [-0.2, -0.15) is 0 Å². The van der Waals surface area contributed by atoms with Crippen LogP contribution >= 0.6 is 15.9 Å². The monoisotopic (exact) mass is 528 g/mol. The first-order valence-electron chi connectivity index (χ1n) is 10.2. The smallest absolute Gasteiger partial charge is 0.264 e. The Bertz CT molecular complexity index is 1470. The second kappa shape index (κ2) is 8.27. The van der Waals surface area contributed by atoms with Crippen LogP contribution in [0.5, 0.6) is 0 Å². The molecule has 4 aromatic rings. The first-order valence-corrected chi connectivity index (χ1v) is 12.4. The van der Waals surface area contributed by atoms with Gasteiger partial charge in [0.05, 0.1) is 0 Å². The van der Waals surface area contributed by atoms with Crippen LogP contribution in [-0.2, 0) is 14.8 Å². The zero-order valence-electron chi connectivity index (χ0n) is 17.1. The first kappa shape index (κ1) is 21.6. The number of hydrogen-bond acceptors (Lipinski definition) is 4. The summed E-state index contributed by atoms with van der Waals surface area (Å²) in [6.45, 7) is 0. The number of aromatic amines is 1. The van der Waals surface area contributed by atoms with E-state index in [9.17, 15) is 17.6 Å². The quantitative estimate of drug-likeness (QED) is 0.328. The molecule has 168 valence electrons. The molecule has 0 aliphatic heterocycles. The summed E-state index contributed by atoms with van der Waals surface area (Å²) in [5, 5.41) is 0.880. The fraction of sp³-hybridized carbons (Fsp3) is 0.130. The molecule has 10 heteroatoms. The minimum Gasteiger partial charge on any atom is -0.346 e. The molecule has 1 aliphatic carbocycles. The van der Waals surface area contributed by atoms with Crippen molar-refractivity contribution in [1.82, 2.24) is 9.97 Å². The van der Waals surface area contributed by atoms with Gasteiger partial charge in [0.15, 0.2) is 0 Å². The zero-order chi connectivity index (χ0) is 23.2. The van der Waals surface area contributed by atoms with E-state index in [0.29, 0.717) is 21.6 Å². The number of nitrogens with one attached hydrogen (secondary N) is 2. The highest BCUT2D eigenvalue weighted by Gasteiger charge is 2.30. The summed E-state index contributed by atoms with van der Waals surface area (Å²) in [7, 11) is -4.09. The maximum absolute atomic E-state index is 14.2. The van der Waals surface area contributed by atoms with Crippen LogP contribution in [0.3, 0.4) is 0 Å². The lowest BCUT2D eigenvalue weighted by atomic mass is 10.0. The molecule has 7 nitrogen and oxygen atoms in total. The standard InChI is InChI=1S/C23H18BrFN4O3S/c24-15-3-8-21(20(25)11-15)33(31,32)28-16-4-1-14(2-5-16)19-12-22(29(13-30)17-6-7-17)27-23-18(19)9-10-26-23/h1-5,8-13,17,28H,6-7H2,(H,26,27). The summed E-state index contributed by atoms with van der Waals surface area (Å²) in [5.41, 5.74) is 2.64. The Morgan fingerprint density at radius 1 is 1.12 bits per heavy atom. The Balaban J connectivity index is 1.47. The van der Waals surface area contributed by atoms with E-state index in [1.54, 1.807) is 35.4 Å². The van der Waals surface area contributed by atoms with Gasteiger partial charge in [0, 0.05) is 27.8 Å². The predicted octanol–water partition coefficient (Wildman–Crippen LogP) is 5.06. The number of carbonyl (C=O) groups is 1. The molecule has 2 aromatic carbocycles. The second-order valence-corrected chi connectivity index (χ2v) is 10.3. The normalized spacial score (nSPS) is 13.8. The van der Waals surface area contributed by atoms with Crippen molar-refractivity contribution in [2.24, 2.45) is 0 Å². The summed E-state index contributed by atoms with van der Waals surface area (Å²) in [4.78, 5) is 20.5. The van der Waals surface area contributed by atoms with Crippen molar-refractivity contribution >= 4 is 54.9 Å². The minimum atomic E-state index is -4.09. The molecule has 1 aliphatic rings. The van der Waals surface area contributed by atoms with Gasteiger partial charge in [-0.05, 0) is 66.4 Å². The molecule has 2 heterocycles. The van der Waals surface area contributed by atoms with Gasteiger partial charge in [-0.3, -0.25) is 14.4 Å². The van der Waals surface area contributed by atoms with Crippen molar-refractivity contribution in [3.63, 3.8) is 0 Å². The van der Waals surface area contributed by atoms with Gasteiger partial charge in [-0.15, -0.1) is 0 Å². The van der Waals surface area contributed by atoms with Crippen molar-refractivity contribution in [2.45, 2.75) is 23.8 Å². The molecule has 0 atom stereocenters. The van der Waals surface area contributed by atoms with Gasteiger partial charge in [0.2, 0.25) is 6.41 Å². The van der Waals surface area contributed by atoms with Crippen molar-refractivity contribution in [2.75, 3.05) is 9.62 Å². The van der Waals surface area contributed by atoms with Gasteiger partial charge in [-0.25, -0.2) is 17.8 Å². The van der Waals surface area contributed by atoms with Gasteiger partial charge < -0.3 is 4.98 Å². The van der Waals surface area contributed by atoms with E-state index in [1.807, 2.05) is 12.1 Å². The largest absolute Gasteiger partial charge is 0.346 e. The Morgan fingerprint density at radius 2 is 1.88 bits per heavy atom. The number of sulfonamides is 1. The molecule has 33 heavy (non-hydrogen) atoms. The number of nitrogens with zero attached hydrogens (tertiary/aromatic N) is 2. The van der Waals surface area contributed by atoms with E-state index < -0.39 is 20.7 Å². The van der Waals surface area contributed by atoms with Crippen molar-refractivity contribution in [3.8, 4) is 11.1 Å². The summed E-state index contributed by atoms with van der Waals surface area (Å²) in [5.74, 6) is -0.281. The highest BCUT2D eigenvalue weighted by molar-refractivity contribution is 9.10. The lowest BCUT2D eigenvalue weighted by Gasteiger charge is -2.17. The number of benzene rings is 2. The highest BCUT2D eigenvalue weighted by Crippen LogP contribution is 2.35. The number of amides is 1. The lowest BCUT2D eigenvalue weighted by molar-refractivity contribution is -0.107. The number of carbonyl (C=O) groups excluding carboxylic acids is 1. The summed E-state index contributed by atoms with van der Waals surface area (Å²) in [6, 6.07) is 14.5. The number of hydrogen-bond donors (Lipinski definition) is 2. The maximum atomic E-state index is 14.2. The molecule has 0 radical (unpaired) electrons. The van der Waals surface area contributed by atoms with Crippen molar-refractivity contribution in [1.29, 1.82) is 0 Å². The van der Waals surface area contributed by atoms with E-state index in [2.05, 4.69) is 30.6 Å². The number of anilines is 2. The Hall–Kier alpha value is -3.24. The molecule has 5 rings (SSSR count). The number of rotatable bonds is 7. The fourth-order valence-corrected chi connectivity index (χ4v) is 5.15. The van der Waals surface area contributed by atoms with Crippen molar-refractivity contribution in [3.05, 3.63) is 71.1 Å². The Kier molecular flexibility index (Phi) is 5.41. The molecule has 1 saturated carbocycles. The minimum absolute atomic E-state index is 0.172. The van der Waals surface area contributed by atoms with E-state index in [-0.39, 0.29) is 6.04 Å². The van der Waals surface area contributed by atoms with Crippen molar-refractivity contribution < 1.29 is 17.6 Å². The number of pyridine rings is 1. The highest BCUT2D eigenvalue weighted by atomic mass is 79.9. The van der Waals surface area contributed by atoms with E-state index in [1.165, 1.54) is 12.1 Å². The molecule has 0 spiro atoms. The molecule has 1 fully saturated rings. The van der Waals surface area contributed by atoms with Crippen LogP contribution in [0.1, 0.15) is 12.8 Å². The first-order chi connectivity index (χ1) is 15.9. The summed E-state index contributed by atoms with van der Waals surface area (Å²) < 4.78 is 42.3. The third-order valence-corrected chi connectivity index (χ3v) is 7.37. The van der Waals surface area contributed by atoms with Crippen LogP contribution in [0.2, 0.25) is 0 Å². The predicted molar refractivity (Wildman–Crippen MR) is 128 cm³/mol. The molecule has 2 aromatic heterocycles. The Morgan fingerprint density at radius 3 is 2.55 bits per heavy atom. The number of aromatic nitrogens is 2. The molecular formula is C23H18BrFN4O3S. The second-order valence-electron chi connectivity index (χ2n) is 7.77. The maximum Gasteiger partial charge on any atom is 0.264 e. The third-order valence-electron chi connectivity index (χ3n) is 5.47. The lowest BCUT2D eigenvalue weighted by Crippen LogP contribution is -2.24. The van der Waals surface area contributed by atoms with Crippen LogP contribution < -0.4 is 9.62 Å². The van der Waals surface area contributed by atoms with E-state index in [4.69, 9.17) is 0 Å². The number of fused-ring (bicyclic) bond motifs is 1. The average Bonchev–Trinajstić information content (AvgIpc) is 3.49. The summed E-state index contributed by atoms with van der Waals surface area (Å²) in [6.07, 6.45) is 4.49. The Labute approximate surface area is 197 Å². The molecule has 0 saturated heterocycles. The molecule has 1 amide bonds. The molecule has 2 N–H and O–H groups in total. The average molecular weight is 529 g/mol. The molecular weight excluding hydrogens is 511 g/mol. The fourth-order valence-electron chi connectivity index (χ4n) is 3.70. The van der Waals surface area contributed by atoms with Gasteiger partial charge in [-0.1, -0.05) is 28.1 Å². The van der Waals surface area contributed by atoms with Crippen LogP contribution in [-0.4, -0.2) is 30.8 Å². The van der Waals surface area contributed by atoms with Gasteiger partial charge >= 0.3 is 0 Å². The summed E-state index contributed by atoms with van der Waals surface area (Å²) >= 11 is 3.12. The number of H-pyrrole nitrogens is 1. The van der Waals surface area contributed by atoms with E-state index >= 15 is 0 Å². The van der Waals surface area contributed by atoms with E-state index in [0.717, 1.165) is 41.8 Å². The van der Waals surface area contributed by atoms with Crippen LogP contribution in [0, 0.1) is 5.82 Å². The van der Waals surface area contributed by atoms with Gasteiger partial charge in [0.25, 0.3) is 10.0 Å². The van der Waals surface area contributed by atoms with Gasteiger partial charge in [0.1, 0.15) is 22.2 Å². The topological polar surface area (TPSA) is 95.2 Å². The SMILES string of the molecule is O=CN(c1cc(-c2ccc(NS(=O)(=O)c3ccc(Br)cc3F)cc2)c2cc[nH]c2n1)C1CC1. The van der Waals surface area contributed by atoms with Crippen LogP contribution in [0.25, 0.3) is 22.2 Å². The molecule has 0 unspecified atom stereocenters. The number of halogens is 2. The molecule has 0 bridgehead atoms. The third kappa shape index (κ3) is 4.23. The van der Waals surface area contributed by atoms with Crippen LogP contribution in [0.15, 0.2) is 70.2 Å². The zero-order valence-corrected chi connectivity index (χ0v) is 19.5. The van der Waals surface area contributed by atoms with Crippen LogP contribution in [0.4, 0.5) is 15.9 Å².